The largest absolute Gasteiger partial charge is 0.435 e. The molecule has 1 aliphatic rings. The molecule has 1 aromatic heterocycles. The molecule has 1 aliphatic heterocycles. The van der Waals surface area contributed by atoms with Crippen molar-refractivity contribution in [3.63, 3.8) is 0 Å². The Hall–Kier alpha value is -3.01. The number of imidazole rings is 1. The van der Waals surface area contributed by atoms with E-state index in [9.17, 15) is 17.6 Å². The molecule has 2 aromatic carbocycles. The minimum absolute atomic E-state index is 0.0611. The lowest BCUT2D eigenvalue weighted by atomic mass is 10.1. The van der Waals surface area contributed by atoms with Gasteiger partial charge < -0.3 is 14.0 Å². The topological polar surface area (TPSA) is 48.6 Å². The highest BCUT2D eigenvalue weighted by Crippen LogP contribution is 2.38. The van der Waals surface area contributed by atoms with Crippen LogP contribution in [-0.4, -0.2) is 34.7 Å². The van der Waals surface area contributed by atoms with Crippen molar-refractivity contribution in [3.8, 4) is 22.8 Å². The van der Waals surface area contributed by atoms with Crippen LogP contribution in [0.15, 0.2) is 58.7 Å². The molecule has 0 N–H and O–H groups in total. The first kappa shape index (κ1) is 20.3. The summed E-state index contributed by atoms with van der Waals surface area (Å²) in [6.07, 6.45) is 1.61. The lowest BCUT2D eigenvalue weighted by Crippen LogP contribution is -2.01. The zero-order chi connectivity index (χ0) is 21.1. The lowest BCUT2D eigenvalue weighted by Gasteiger charge is -2.06. The number of hydrogen-bond acceptors (Lipinski definition) is 5. The van der Waals surface area contributed by atoms with E-state index in [1.54, 1.807) is 42.2 Å². The lowest BCUT2D eigenvalue weighted by molar-refractivity contribution is -0.0505. The quantitative estimate of drug-likeness (QED) is 0.356. The van der Waals surface area contributed by atoms with Crippen molar-refractivity contribution < 1.29 is 27.0 Å². The minimum atomic E-state index is -2.89. The Morgan fingerprint density at radius 1 is 0.933 bits per heavy atom. The summed E-state index contributed by atoms with van der Waals surface area (Å²) in [5, 5.41) is 0.825. The first-order valence-electron chi connectivity index (χ1n) is 8.87. The van der Waals surface area contributed by atoms with Gasteiger partial charge in [0.2, 0.25) is 0 Å². The van der Waals surface area contributed by atoms with Crippen molar-refractivity contribution in [1.29, 1.82) is 0 Å². The van der Waals surface area contributed by atoms with Crippen LogP contribution in [0.3, 0.4) is 0 Å². The standard InChI is InChI=1S/C20H15F4N3O2S/c21-18(22)28-14-5-1-12(2-6-14)11-25-17-16(26-20-27(17)9-10-30-20)13-3-7-15(8-4-13)29-19(23)24/h1-8,11,18-19H,9-10H2/b25-11+. The van der Waals surface area contributed by atoms with E-state index in [-0.39, 0.29) is 11.5 Å². The normalized spacial score (nSPS) is 13.4. The van der Waals surface area contributed by atoms with Crippen LogP contribution in [0.2, 0.25) is 0 Å². The maximum Gasteiger partial charge on any atom is 0.387 e. The molecule has 0 spiro atoms. The van der Waals surface area contributed by atoms with Crippen molar-refractivity contribution >= 4 is 23.8 Å². The minimum Gasteiger partial charge on any atom is -0.435 e. The molecule has 0 unspecified atom stereocenters. The zero-order valence-corrected chi connectivity index (χ0v) is 16.2. The van der Waals surface area contributed by atoms with Crippen molar-refractivity contribution in [2.75, 3.05) is 5.75 Å². The van der Waals surface area contributed by atoms with Crippen LogP contribution < -0.4 is 9.47 Å². The van der Waals surface area contributed by atoms with E-state index < -0.39 is 13.2 Å². The number of aliphatic imine (C=N–C) groups is 1. The number of rotatable bonds is 7. The average Bonchev–Trinajstić information content (AvgIpc) is 3.29. The Bertz CT molecular complexity index is 1040. The van der Waals surface area contributed by atoms with E-state index in [2.05, 4.69) is 19.5 Å². The second kappa shape index (κ2) is 8.78. The molecule has 3 aromatic rings. The highest BCUT2D eigenvalue weighted by Gasteiger charge is 2.22. The van der Waals surface area contributed by atoms with Crippen LogP contribution in [0, 0.1) is 0 Å². The SMILES string of the molecule is FC(F)Oc1ccc(/C=N/c2c(-c3ccc(OC(F)F)cc3)nc3n2CCS3)cc1. The van der Waals surface area contributed by atoms with Gasteiger partial charge in [0.25, 0.3) is 0 Å². The maximum atomic E-state index is 12.4. The van der Waals surface area contributed by atoms with Gasteiger partial charge in [-0.3, -0.25) is 0 Å². The van der Waals surface area contributed by atoms with E-state index >= 15 is 0 Å². The molecular weight excluding hydrogens is 422 g/mol. The molecule has 156 valence electrons. The summed E-state index contributed by atoms with van der Waals surface area (Å²) in [4.78, 5) is 9.20. The third-order valence-corrected chi connectivity index (χ3v) is 5.20. The van der Waals surface area contributed by atoms with Gasteiger partial charge in [-0.25, -0.2) is 9.98 Å². The van der Waals surface area contributed by atoms with Gasteiger partial charge in [-0.1, -0.05) is 11.8 Å². The van der Waals surface area contributed by atoms with Crippen LogP contribution in [-0.2, 0) is 6.54 Å². The van der Waals surface area contributed by atoms with Crippen molar-refractivity contribution in [2.24, 2.45) is 4.99 Å². The van der Waals surface area contributed by atoms with Crippen molar-refractivity contribution in [2.45, 2.75) is 24.9 Å². The third-order valence-electron chi connectivity index (χ3n) is 4.25. The molecule has 4 rings (SSSR count). The van der Waals surface area contributed by atoms with Gasteiger partial charge in [-0.05, 0) is 54.1 Å². The number of ether oxygens (including phenoxy) is 2. The summed E-state index contributed by atoms with van der Waals surface area (Å²) in [5.41, 5.74) is 2.03. The number of fused-ring (bicyclic) bond motifs is 1. The fourth-order valence-corrected chi connectivity index (χ4v) is 3.90. The molecule has 0 radical (unpaired) electrons. The maximum absolute atomic E-state index is 12.4. The van der Waals surface area contributed by atoms with Crippen molar-refractivity contribution in [1.82, 2.24) is 9.55 Å². The monoisotopic (exact) mass is 437 g/mol. The van der Waals surface area contributed by atoms with Crippen LogP contribution in [0.25, 0.3) is 11.3 Å². The second-order valence-corrected chi connectivity index (χ2v) is 7.24. The summed E-state index contributed by atoms with van der Waals surface area (Å²) in [6, 6.07) is 12.3. The van der Waals surface area contributed by atoms with E-state index in [1.165, 1.54) is 24.3 Å². The zero-order valence-electron chi connectivity index (χ0n) is 15.3. The average molecular weight is 437 g/mol. The number of thioether (sulfide) groups is 1. The molecule has 2 heterocycles. The van der Waals surface area contributed by atoms with Gasteiger partial charge in [0, 0.05) is 24.1 Å². The van der Waals surface area contributed by atoms with Gasteiger partial charge in [-0.15, -0.1) is 0 Å². The third kappa shape index (κ3) is 4.59. The summed E-state index contributed by atoms with van der Waals surface area (Å²) in [7, 11) is 0. The number of benzene rings is 2. The van der Waals surface area contributed by atoms with E-state index in [4.69, 9.17) is 0 Å². The van der Waals surface area contributed by atoms with Crippen LogP contribution in [0.4, 0.5) is 23.4 Å². The van der Waals surface area contributed by atoms with Gasteiger partial charge >= 0.3 is 13.2 Å². The summed E-state index contributed by atoms with van der Waals surface area (Å²) in [6.45, 7) is -5.02. The molecule has 30 heavy (non-hydrogen) atoms. The molecule has 0 saturated heterocycles. The van der Waals surface area contributed by atoms with Gasteiger partial charge in [-0.2, -0.15) is 17.6 Å². The highest BCUT2D eigenvalue weighted by molar-refractivity contribution is 7.99. The molecular formula is C20H15F4N3O2S. The Kier molecular flexibility index (Phi) is 5.93. The van der Waals surface area contributed by atoms with Crippen LogP contribution >= 0.6 is 11.8 Å². The predicted molar refractivity (Wildman–Crippen MR) is 105 cm³/mol. The predicted octanol–water partition coefficient (Wildman–Crippen LogP) is 5.61. The Labute approximate surface area is 173 Å². The van der Waals surface area contributed by atoms with E-state index in [1.807, 2.05) is 4.57 Å². The number of halogens is 4. The second-order valence-electron chi connectivity index (χ2n) is 6.18. The number of aromatic nitrogens is 2. The Morgan fingerprint density at radius 2 is 1.53 bits per heavy atom. The molecule has 10 heteroatoms. The first-order valence-corrected chi connectivity index (χ1v) is 9.85. The van der Waals surface area contributed by atoms with Crippen LogP contribution in [0.5, 0.6) is 11.5 Å². The molecule has 0 saturated carbocycles. The number of alkyl halides is 4. The molecule has 0 atom stereocenters. The van der Waals surface area contributed by atoms with E-state index in [0.29, 0.717) is 22.6 Å². The van der Waals surface area contributed by atoms with E-state index in [0.717, 1.165) is 17.5 Å². The molecule has 0 amide bonds. The Balaban J connectivity index is 1.61. The Morgan fingerprint density at radius 3 is 2.13 bits per heavy atom. The van der Waals surface area contributed by atoms with Gasteiger partial charge in [0.15, 0.2) is 11.0 Å². The fraction of sp³-hybridized carbons (Fsp3) is 0.200. The van der Waals surface area contributed by atoms with Crippen molar-refractivity contribution in [3.05, 3.63) is 54.1 Å². The number of hydrogen-bond donors (Lipinski definition) is 0. The molecule has 0 aliphatic carbocycles. The number of nitrogens with zero attached hydrogens (tertiary/aromatic N) is 3. The fourth-order valence-electron chi connectivity index (χ4n) is 2.95. The molecule has 0 fully saturated rings. The van der Waals surface area contributed by atoms with Crippen LogP contribution in [0.1, 0.15) is 5.56 Å². The summed E-state index contributed by atoms with van der Waals surface area (Å²) >= 11 is 1.60. The summed E-state index contributed by atoms with van der Waals surface area (Å²) in [5.74, 6) is 1.64. The van der Waals surface area contributed by atoms with Gasteiger partial charge in [0.05, 0.1) is 0 Å². The first-order chi connectivity index (χ1) is 14.5. The molecule has 0 bridgehead atoms. The highest BCUT2D eigenvalue weighted by atomic mass is 32.2. The smallest absolute Gasteiger partial charge is 0.387 e. The summed E-state index contributed by atoms with van der Waals surface area (Å²) < 4.78 is 60.0. The molecule has 5 nitrogen and oxygen atoms in total. The van der Waals surface area contributed by atoms with Gasteiger partial charge in [0.1, 0.15) is 17.2 Å².